The molecule has 0 spiro atoms. The zero-order chi connectivity index (χ0) is 33.8. The second-order valence-electron chi connectivity index (χ2n) is 14.4. The maximum Gasteiger partial charge on any atom is 0.135 e. The van der Waals surface area contributed by atoms with E-state index in [0.717, 1.165) is 34.3 Å². The second-order valence-corrected chi connectivity index (χ2v) is 15.3. The molecule has 0 aromatic heterocycles. The summed E-state index contributed by atoms with van der Waals surface area (Å²) >= 11 is 13.0. The molecule has 5 heteroatoms. The molecule has 0 bridgehead atoms. The molecule has 4 aromatic carbocycles. The number of quaternary nitrogens is 1. The Kier molecular flexibility index (Phi) is 8.44. The monoisotopic (exact) mass is 672 g/mol. The van der Waals surface area contributed by atoms with Crippen molar-refractivity contribution in [2.24, 2.45) is 0 Å². The first kappa shape index (κ1) is 32.5. The molecule has 3 nitrogen and oxygen atoms in total. The molecule has 0 saturated heterocycles. The highest BCUT2D eigenvalue weighted by Crippen LogP contribution is 2.48. The van der Waals surface area contributed by atoms with Gasteiger partial charge in [-0.15, -0.1) is 0 Å². The number of hydrogen-bond donors (Lipinski definition) is 1. The molecule has 0 fully saturated rings. The fourth-order valence-corrected chi connectivity index (χ4v) is 8.58. The van der Waals surface area contributed by atoms with Gasteiger partial charge in [-0.1, -0.05) is 85.6 Å². The SMILES string of the molecule is CN1/C(=C/C=C2\CCC(/C=C/C3[NH+](C)c4ccc(Cl)cc4C3(C)C)=C2N(c2ccccc2)c2ccccc2)C(C)(C)c2cc(Cl)ccc21. The lowest BCUT2D eigenvalue weighted by Gasteiger charge is -2.29. The molecule has 0 saturated carbocycles. The van der Waals surface area contributed by atoms with Crippen molar-refractivity contribution in [2.75, 3.05) is 23.9 Å². The lowest BCUT2D eigenvalue weighted by molar-refractivity contribution is -0.828. The number of rotatable bonds is 6. The summed E-state index contributed by atoms with van der Waals surface area (Å²) in [5.74, 6) is 0. The van der Waals surface area contributed by atoms with Crippen LogP contribution in [0.3, 0.4) is 0 Å². The van der Waals surface area contributed by atoms with Gasteiger partial charge >= 0.3 is 0 Å². The zero-order valence-electron chi connectivity index (χ0n) is 28.7. The number of benzene rings is 4. The summed E-state index contributed by atoms with van der Waals surface area (Å²) in [7, 11) is 4.45. The van der Waals surface area contributed by atoms with Crippen molar-refractivity contribution in [3.8, 4) is 0 Å². The number of halogens is 2. The lowest BCUT2D eigenvalue weighted by atomic mass is 9.80. The fourth-order valence-electron chi connectivity index (χ4n) is 8.24. The van der Waals surface area contributed by atoms with E-state index in [1.807, 2.05) is 12.1 Å². The number of fused-ring (bicyclic) bond motifs is 2. The molecule has 2 atom stereocenters. The van der Waals surface area contributed by atoms with Crippen LogP contribution in [0.25, 0.3) is 0 Å². The van der Waals surface area contributed by atoms with Crippen LogP contribution < -0.4 is 14.7 Å². The van der Waals surface area contributed by atoms with E-state index in [4.69, 9.17) is 23.2 Å². The molecule has 3 aliphatic rings. The standard InChI is InChI=1S/C43H43Cl2N3/c1-42(2)35-27-31(44)21-23-37(35)46(5)39(42)25-19-29-17-18-30(20-26-40-43(3,4)36-28-32(45)22-24-38(36)47(40)6)41(29)48(33-13-9-7-10-14-33)34-15-11-8-12-16-34/h7-16,19-28,39H,17-18H2,1-6H3/p+1/b25-19+,30-20+,40-26+. The Morgan fingerprint density at radius 2 is 1.38 bits per heavy atom. The van der Waals surface area contributed by atoms with Gasteiger partial charge in [0.1, 0.15) is 11.7 Å². The Hall–Kier alpha value is -4.02. The Balaban J connectivity index is 1.36. The fraction of sp³-hybridized carbons (Fsp3) is 0.256. The van der Waals surface area contributed by atoms with Gasteiger partial charge in [0.25, 0.3) is 0 Å². The molecule has 1 N–H and O–H groups in total. The molecule has 0 amide bonds. The molecular weight excluding hydrogens is 629 g/mol. The normalized spacial score (nSPS) is 22.6. The Bertz CT molecular complexity index is 1950. The van der Waals surface area contributed by atoms with Crippen molar-refractivity contribution in [3.63, 3.8) is 0 Å². The largest absolute Gasteiger partial charge is 0.347 e. The number of anilines is 3. The molecule has 2 heterocycles. The topological polar surface area (TPSA) is 10.9 Å². The lowest BCUT2D eigenvalue weighted by Crippen LogP contribution is -3.07. The minimum Gasteiger partial charge on any atom is -0.347 e. The quantitative estimate of drug-likeness (QED) is 0.219. The number of para-hydroxylation sites is 2. The minimum absolute atomic E-state index is 0.0572. The number of hydrogen-bond acceptors (Lipinski definition) is 2. The molecule has 48 heavy (non-hydrogen) atoms. The van der Waals surface area contributed by atoms with Gasteiger partial charge in [0.15, 0.2) is 0 Å². The van der Waals surface area contributed by atoms with E-state index in [-0.39, 0.29) is 16.9 Å². The van der Waals surface area contributed by atoms with E-state index in [2.05, 4.69) is 161 Å². The van der Waals surface area contributed by atoms with Gasteiger partial charge in [-0.3, -0.25) is 4.90 Å². The average molecular weight is 674 g/mol. The summed E-state index contributed by atoms with van der Waals surface area (Å²) in [5, 5.41) is 1.57. The molecule has 2 unspecified atom stereocenters. The summed E-state index contributed by atoms with van der Waals surface area (Å²) in [5.41, 5.74) is 12.4. The van der Waals surface area contributed by atoms with Crippen molar-refractivity contribution in [2.45, 2.75) is 57.4 Å². The molecule has 0 radical (unpaired) electrons. The third kappa shape index (κ3) is 5.52. The number of likely N-dealkylation sites (N-methyl/N-ethyl adjacent to an activating group) is 2. The van der Waals surface area contributed by atoms with Crippen molar-refractivity contribution < 1.29 is 4.90 Å². The van der Waals surface area contributed by atoms with Crippen molar-refractivity contribution in [3.05, 3.63) is 165 Å². The smallest absolute Gasteiger partial charge is 0.135 e. The van der Waals surface area contributed by atoms with E-state index in [0.29, 0.717) is 0 Å². The first-order valence-corrected chi connectivity index (χ1v) is 17.6. The van der Waals surface area contributed by atoms with E-state index in [1.54, 1.807) is 0 Å². The summed E-state index contributed by atoms with van der Waals surface area (Å²) in [4.78, 5) is 6.16. The van der Waals surface area contributed by atoms with Crippen molar-refractivity contribution in [1.29, 1.82) is 0 Å². The summed E-state index contributed by atoms with van der Waals surface area (Å²) in [6, 6.07) is 34.4. The van der Waals surface area contributed by atoms with Crippen LogP contribution in [0, 0.1) is 0 Å². The average Bonchev–Trinajstić information content (AvgIpc) is 3.61. The third-order valence-electron chi connectivity index (χ3n) is 10.8. The zero-order valence-corrected chi connectivity index (χ0v) is 30.2. The van der Waals surface area contributed by atoms with Crippen LogP contribution in [0.15, 0.2) is 144 Å². The minimum atomic E-state index is -0.172. The highest BCUT2D eigenvalue weighted by molar-refractivity contribution is 6.31. The van der Waals surface area contributed by atoms with Crippen molar-refractivity contribution in [1.82, 2.24) is 0 Å². The Morgan fingerprint density at radius 1 is 0.771 bits per heavy atom. The van der Waals surface area contributed by atoms with Gasteiger partial charge in [-0.2, -0.15) is 0 Å². The Morgan fingerprint density at radius 3 is 2.02 bits per heavy atom. The van der Waals surface area contributed by atoms with Gasteiger partial charge in [0.05, 0.1) is 18.2 Å². The molecule has 1 aliphatic carbocycles. The van der Waals surface area contributed by atoms with E-state index in [1.165, 1.54) is 49.9 Å². The molecule has 2 aliphatic heterocycles. The maximum absolute atomic E-state index is 6.49. The first-order chi connectivity index (χ1) is 23.0. The number of nitrogens with one attached hydrogen (secondary N) is 1. The molecule has 4 aromatic rings. The van der Waals surface area contributed by atoms with Gasteiger partial charge in [-0.05, 0) is 110 Å². The summed E-state index contributed by atoms with van der Waals surface area (Å²) < 4.78 is 0. The summed E-state index contributed by atoms with van der Waals surface area (Å²) in [6.45, 7) is 9.28. The van der Waals surface area contributed by atoms with E-state index >= 15 is 0 Å². The van der Waals surface area contributed by atoms with E-state index < -0.39 is 0 Å². The highest BCUT2D eigenvalue weighted by Gasteiger charge is 2.46. The van der Waals surface area contributed by atoms with Gasteiger partial charge in [0.2, 0.25) is 0 Å². The van der Waals surface area contributed by atoms with Crippen LogP contribution in [0.5, 0.6) is 0 Å². The predicted molar refractivity (Wildman–Crippen MR) is 204 cm³/mol. The maximum atomic E-state index is 6.49. The van der Waals surface area contributed by atoms with Gasteiger partial charge in [-0.25, -0.2) is 0 Å². The van der Waals surface area contributed by atoms with Crippen molar-refractivity contribution >= 4 is 46.0 Å². The Labute approximate surface area is 296 Å². The van der Waals surface area contributed by atoms with Crippen LogP contribution in [-0.4, -0.2) is 20.1 Å². The second kappa shape index (κ2) is 12.5. The predicted octanol–water partition coefficient (Wildman–Crippen LogP) is 10.5. The molecule has 7 rings (SSSR count). The highest BCUT2D eigenvalue weighted by atomic mass is 35.5. The first-order valence-electron chi connectivity index (χ1n) is 16.9. The van der Waals surface area contributed by atoms with Crippen LogP contribution in [0.1, 0.15) is 51.7 Å². The summed E-state index contributed by atoms with van der Waals surface area (Å²) in [6.07, 6.45) is 11.5. The molecule has 244 valence electrons. The van der Waals surface area contributed by atoms with E-state index in [9.17, 15) is 0 Å². The molecular formula is C43H44Cl2N3+. The number of allylic oxidation sites excluding steroid dienone is 6. The number of nitrogens with zero attached hydrogens (tertiary/aromatic N) is 2. The van der Waals surface area contributed by atoms with Crippen LogP contribution in [0.2, 0.25) is 10.0 Å². The van der Waals surface area contributed by atoms with Crippen LogP contribution in [0.4, 0.5) is 22.7 Å². The van der Waals surface area contributed by atoms with Crippen LogP contribution >= 0.6 is 23.2 Å². The van der Waals surface area contributed by atoms with Gasteiger partial charge < -0.3 is 9.80 Å². The third-order valence-corrected chi connectivity index (χ3v) is 11.3. The van der Waals surface area contributed by atoms with Crippen LogP contribution in [-0.2, 0) is 10.8 Å². The van der Waals surface area contributed by atoms with Gasteiger partial charge in [0, 0.05) is 56.9 Å².